The number of halogens is 3. The minimum atomic E-state index is -4.19. The first-order chi connectivity index (χ1) is 9.89. The number of carbonyl (C=O) groups excluding carboxylic acids is 1. The van der Waals surface area contributed by atoms with E-state index in [2.05, 4.69) is 15.3 Å². The predicted molar refractivity (Wildman–Crippen MR) is 70.8 cm³/mol. The summed E-state index contributed by atoms with van der Waals surface area (Å²) < 4.78 is 36.7. The van der Waals surface area contributed by atoms with Crippen LogP contribution >= 0.6 is 0 Å². The molecule has 2 rings (SSSR count). The first-order valence-corrected chi connectivity index (χ1v) is 6.74. The zero-order valence-electron chi connectivity index (χ0n) is 11.7. The Kier molecular flexibility index (Phi) is 4.64. The highest BCUT2D eigenvalue weighted by atomic mass is 19.4. The summed E-state index contributed by atoms with van der Waals surface area (Å²) in [5.74, 6) is 0.226. The summed E-state index contributed by atoms with van der Waals surface area (Å²) in [7, 11) is 1.58. The standard InChI is InChI=1S/C13H17F3N4O/c1-17-11(21)9-4-7-20(8-9)12-18-6-3-10(19-12)2-5-13(14,15)16/h3,6,9H,2,4-5,7-8H2,1H3,(H,17,21). The van der Waals surface area contributed by atoms with Gasteiger partial charge in [-0.1, -0.05) is 0 Å². The average Bonchev–Trinajstić information content (AvgIpc) is 2.94. The van der Waals surface area contributed by atoms with Gasteiger partial charge in [0.15, 0.2) is 0 Å². The van der Waals surface area contributed by atoms with Gasteiger partial charge in [0.2, 0.25) is 11.9 Å². The maximum atomic E-state index is 12.2. The molecule has 1 atom stereocenters. The third kappa shape index (κ3) is 4.30. The van der Waals surface area contributed by atoms with Gasteiger partial charge in [-0.2, -0.15) is 13.2 Å². The van der Waals surface area contributed by atoms with Crippen LogP contribution in [0.15, 0.2) is 12.3 Å². The van der Waals surface area contributed by atoms with Crippen LogP contribution in [0.4, 0.5) is 19.1 Å². The number of carbonyl (C=O) groups is 1. The molecule has 0 radical (unpaired) electrons. The number of anilines is 1. The van der Waals surface area contributed by atoms with Crippen molar-refractivity contribution < 1.29 is 18.0 Å². The SMILES string of the molecule is CNC(=O)C1CCN(c2nccc(CCC(F)(F)F)n2)C1. The van der Waals surface area contributed by atoms with E-state index in [0.29, 0.717) is 31.2 Å². The van der Waals surface area contributed by atoms with Crippen LogP contribution < -0.4 is 10.2 Å². The molecule has 0 bridgehead atoms. The Balaban J connectivity index is 2.00. The van der Waals surface area contributed by atoms with E-state index < -0.39 is 12.6 Å². The molecule has 1 amide bonds. The fourth-order valence-electron chi connectivity index (χ4n) is 2.31. The molecule has 1 aromatic heterocycles. The van der Waals surface area contributed by atoms with Crippen molar-refractivity contribution in [3.8, 4) is 0 Å². The van der Waals surface area contributed by atoms with Gasteiger partial charge in [-0.15, -0.1) is 0 Å². The summed E-state index contributed by atoms with van der Waals surface area (Å²) >= 11 is 0. The third-order valence-electron chi connectivity index (χ3n) is 3.45. The number of aromatic nitrogens is 2. The van der Waals surface area contributed by atoms with Gasteiger partial charge in [0.1, 0.15) is 0 Å². The van der Waals surface area contributed by atoms with Crippen LogP contribution in [-0.4, -0.2) is 42.2 Å². The summed E-state index contributed by atoms with van der Waals surface area (Å²) in [5, 5.41) is 2.60. The zero-order valence-corrected chi connectivity index (χ0v) is 11.7. The maximum absolute atomic E-state index is 12.2. The number of alkyl halides is 3. The van der Waals surface area contributed by atoms with E-state index in [4.69, 9.17) is 0 Å². The van der Waals surface area contributed by atoms with E-state index >= 15 is 0 Å². The Morgan fingerprint density at radius 2 is 2.29 bits per heavy atom. The Labute approximate surface area is 120 Å². The lowest BCUT2D eigenvalue weighted by Gasteiger charge is -2.16. The van der Waals surface area contributed by atoms with Crippen LogP contribution in [0.25, 0.3) is 0 Å². The molecule has 1 aliphatic rings. The number of hydrogen-bond donors (Lipinski definition) is 1. The van der Waals surface area contributed by atoms with Gasteiger partial charge in [0, 0.05) is 38.4 Å². The molecule has 2 heterocycles. The molecule has 21 heavy (non-hydrogen) atoms. The topological polar surface area (TPSA) is 58.1 Å². The first kappa shape index (κ1) is 15.5. The Bertz CT molecular complexity index is 506. The normalized spacial score (nSPS) is 18.9. The Hall–Kier alpha value is -1.86. The molecular weight excluding hydrogens is 285 g/mol. The molecule has 1 N–H and O–H groups in total. The summed E-state index contributed by atoms with van der Waals surface area (Å²) in [6.45, 7) is 1.11. The number of rotatable bonds is 4. The highest BCUT2D eigenvalue weighted by Crippen LogP contribution is 2.23. The molecule has 116 valence electrons. The van der Waals surface area contributed by atoms with E-state index in [1.807, 2.05) is 4.90 Å². The molecule has 1 aromatic rings. The minimum absolute atomic E-state index is 0.0364. The van der Waals surface area contributed by atoms with Gasteiger partial charge >= 0.3 is 6.18 Å². The van der Waals surface area contributed by atoms with E-state index in [9.17, 15) is 18.0 Å². The van der Waals surface area contributed by atoms with Gasteiger partial charge in [-0.3, -0.25) is 4.79 Å². The molecule has 8 heteroatoms. The quantitative estimate of drug-likeness (QED) is 0.916. The maximum Gasteiger partial charge on any atom is 0.389 e. The summed E-state index contributed by atoms with van der Waals surface area (Å²) in [6, 6.07) is 1.49. The van der Waals surface area contributed by atoms with Crippen molar-refractivity contribution in [3.63, 3.8) is 0 Å². The van der Waals surface area contributed by atoms with Crippen LogP contribution in [0.2, 0.25) is 0 Å². The molecule has 5 nitrogen and oxygen atoms in total. The third-order valence-corrected chi connectivity index (χ3v) is 3.45. The van der Waals surface area contributed by atoms with Crippen molar-refractivity contribution in [1.29, 1.82) is 0 Å². The lowest BCUT2D eigenvalue weighted by molar-refractivity contribution is -0.134. The smallest absolute Gasteiger partial charge is 0.359 e. The van der Waals surface area contributed by atoms with Crippen molar-refractivity contribution in [1.82, 2.24) is 15.3 Å². The van der Waals surface area contributed by atoms with Crippen LogP contribution in [0.1, 0.15) is 18.5 Å². The van der Waals surface area contributed by atoms with E-state index in [1.54, 1.807) is 7.05 Å². The molecule has 0 spiro atoms. The lowest BCUT2D eigenvalue weighted by atomic mass is 10.1. The monoisotopic (exact) mass is 302 g/mol. The van der Waals surface area contributed by atoms with E-state index in [1.165, 1.54) is 12.3 Å². The first-order valence-electron chi connectivity index (χ1n) is 6.74. The van der Waals surface area contributed by atoms with Crippen molar-refractivity contribution >= 4 is 11.9 Å². The van der Waals surface area contributed by atoms with Gasteiger partial charge in [0.05, 0.1) is 5.92 Å². The Morgan fingerprint density at radius 3 is 2.95 bits per heavy atom. The molecule has 1 fully saturated rings. The van der Waals surface area contributed by atoms with Gasteiger partial charge < -0.3 is 10.2 Å². The summed E-state index contributed by atoms with van der Waals surface area (Å²) in [4.78, 5) is 21.6. The zero-order chi connectivity index (χ0) is 15.5. The van der Waals surface area contributed by atoms with Crippen molar-refractivity contribution in [2.45, 2.75) is 25.4 Å². The van der Waals surface area contributed by atoms with Crippen molar-refractivity contribution in [2.24, 2.45) is 5.92 Å². The van der Waals surface area contributed by atoms with Crippen LogP contribution in [0.5, 0.6) is 0 Å². The number of aryl methyl sites for hydroxylation is 1. The summed E-state index contributed by atoms with van der Waals surface area (Å²) in [6.07, 6.45) is -3.10. The van der Waals surface area contributed by atoms with Crippen LogP contribution in [0.3, 0.4) is 0 Å². The second-order valence-corrected chi connectivity index (χ2v) is 5.01. The average molecular weight is 302 g/mol. The molecule has 1 aliphatic heterocycles. The number of nitrogens with one attached hydrogen (secondary N) is 1. The number of hydrogen-bond acceptors (Lipinski definition) is 4. The fourth-order valence-corrected chi connectivity index (χ4v) is 2.31. The van der Waals surface area contributed by atoms with Crippen molar-refractivity contribution in [2.75, 3.05) is 25.0 Å². The highest BCUT2D eigenvalue weighted by Gasteiger charge is 2.30. The van der Waals surface area contributed by atoms with Gasteiger partial charge in [-0.25, -0.2) is 9.97 Å². The van der Waals surface area contributed by atoms with E-state index in [-0.39, 0.29) is 18.2 Å². The highest BCUT2D eigenvalue weighted by molar-refractivity contribution is 5.79. The largest absolute Gasteiger partial charge is 0.389 e. The molecular formula is C13H17F3N4O. The minimum Gasteiger partial charge on any atom is -0.359 e. The van der Waals surface area contributed by atoms with E-state index in [0.717, 1.165) is 0 Å². The van der Waals surface area contributed by atoms with Crippen LogP contribution in [0, 0.1) is 5.92 Å². The predicted octanol–water partition coefficient (Wildman–Crippen LogP) is 1.54. The van der Waals surface area contributed by atoms with Crippen molar-refractivity contribution in [3.05, 3.63) is 18.0 Å². The van der Waals surface area contributed by atoms with Crippen LogP contribution in [-0.2, 0) is 11.2 Å². The second kappa shape index (κ2) is 6.28. The molecule has 1 saturated heterocycles. The second-order valence-electron chi connectivity index (χ2n) is 5.01. The molecule has 0 aliphatic carbocycles. The molecule has 0 aromatic carbocycles. The molecule has 1 unspecified atom stereocenters. The Morgan fingerprint density at radius 1 is 1.52 bits per heavy atom. The summed E-state index contributed by atoms with van der Waals surface area (Å²) in [5.41, 5.74) is 0.362. The van der Waals surface area contributed by atoms with Gasteiger partial charge in [-0.05, 0) is 18.9 Å². The lowest BCUT2D eigenvalue weighted by Crippen LogP contribution is -2.30. The fraction of sp³-hybridized carbons (Fsp3) is 0.615. The number of amides is 1. The number of nitrogens with zero attached hydrogens (tertiary/aromatic N) is 3. The van der Waals surface area contributed by atoms with Gasteiger partial charge in [0.25, 0.3) is 0 Å². The molecule has 0 saturated carbocycles.